The van der Waals surface area contributed by atoms with Crippen LogP contribution in [0.2, 0.25) is 0 Å². The van der Waals surface area contributed by atoms with Crippen LogP contribution >= 0.6 is 0 Å². The maximum absolute atomic E-state index is 12.3. The zero-order valence-corrected chi connectivity index (χ0v) is 13.1. The largest absolute Gasteiger partial charge is 0.361 e. The monoisotopic (exact) mass is 299 g/mol. The van der Waals surface area contributed by atoms with Crippen LogP contribution in [-0.2, 0) is 6.54 Å². The minimum absolute atomic E-state index is 0.0351. The number of rotatable bonds is 3. The molecule has 1 aliphatic heterocycles. The van der Waals surface area contributed by atoms with Gasteiger partial charge in [-0.1, -0.05) is 35.0 Å². The lowest BCUT2D eigenvalue weighted by molar-refractivity contribution is 0.0618. The minimum atomic E-state index is -0.0351. The molecule has 1 amide bonds. The fourth-order valence-corrected chi connectivity index (χ4v) is 2.81. The average molecular weight is 299 g/mol. The second-order valence-electron chi connectivity index (χ2n) is 5.88. The van der Waals surface area contributed by atoms with Crippen LogP contribution in [0.15, 0.2) is 34.9 Å². The molecule has 1 fully saturated rings. The predicted molar refractivity (Wildman–Crippen MR) is 83.6 cm³/mol. The summed E-state index contributed by atoms with van der Waals surface area (Å²) >= 11 is 0. The molecule has 0 unspecified atom stereocenters. The predicted octanol–water partition coefficient (Wildman–Crippen LogP) is 2.25. The quantitative estimate of drug-likeness (QED) is 0.872. The molecule has 5 nitrogen and oxygen atoms in total. The van der Waals surface area contributed by atoms with Gasteiger partial charge in [0.1, 0.15) is 5.76 Å². The average Bonchev–Trinajstić information content (AvgIpc) is 2.94. The van der Waals surface area contributed by atoms with Crippen molar-refractivity contribution < 1.29 is 9.32 Å². The molecule has 0 aliphatic carbocycles. The number of aromatic nitrogens is 1. The normalized spacial score (nSPS) is 16.0. The van der Waals surface area contributed by atoms with Gasteiger partial charge in [0.25, 0.3) is 5.91 Å². The topological polar surface area (TPSA) is 49.6 Å². The Bertz CT molecular complexity index is 657. The summed E-state index contributed by atoms with van der Waals surface area (Å²) < 4.78 is 4.98. The molecule has 5 heteroatoms. The molecule has 2 aromatic rings. The molecule has 1 saturated heterocycles. The van der Waals surface area contributed by atoms with Crippen molar-refractivity contribution in [3.05, 3.63) is 52.9 Å². The van der Waals surface area contributed by atoms with E-state index in [0.29, 0.717) is 11.5 Å². The van der Waals surface area contributed by atoms with E-state index in [1.54, 1.807) is 13.0 Å². The lowest BCUT2D eigenvalue weighted by Crippen LogP contribution is -2.48. The minimum Gasteiger partial charge on any atom is -0.361 e. The first-order valence-electron chi connectivity index (χ1n) is 7.62. The highest BCUT2D eigenvalue weighted by Crippen LogP contribution is 2.12. The summed E-state index contributed by atoms with van der Waals surface area (Å²) in [6.45, 7) is 8.08. The van der Waals surface area contributed by atoms with Crippen molar-refractivity contribution in [1.29, 1.82) is 0 Å². The number of nitrogens with zero attached hydrogens (tertiary/aromatic N) is 3. The number of piperazine rings is 1. The van der Waals surface area contributed by atoms with Crippen molar-refractivity contribution in [2.45, 2.75) is 20.4 Å². The van der Waals surface area contributed by atoms with E-state index >= 15 is 0 Å². The van der Waals surface area contributed by atoms with Crippen LogP contribution in [0.5, 0.6) is 0 Å². The Morgan fingerprint density at radius 3 is 2.59 bits per heavy atom. The number of benzene rings is 1. The van der Waals surface area contributed by atoms with Crippen molar-refractivity contribution in [3.63, 3.8) is 0 Å². The zero-order valence-electron chi connectivity index (χ0n) is 13.1. The first-order chi connectivity index (χ1) is 10.6. The number of aryl methyl sites for hydroxylation is 2. The SMILES string of the molecule is Cc1cccc(CN2CCN(C(=O)c3cc(C)on3)CC2)c1. The summed E-state index contributed by atoms with van der Waals surface area (Å²) in [4.78, 5) is 16.5. The number of hydrogen-bond donors (Lipinski definition) is 0. The van der Waals surface area contributed by atoms with E-state index < -0.39 is 0 Å². The first kappa shape index (κ1) is 14.8. The molecular formula is C17H21N3O2. The lowest BCUT2D eigenvalue weighted by Gasteiger charge is -2.34. The highest BCUT2D eigenvalue weighted by atomic mass is 16.5. The van der Waals surface area contributed by atoms with E-state index in [2.05, 4.69) is 41.2 Å². The molecule has 0 radical (unpaired) electrons. The van der Waals surface area contributed by atoms with Gasteiger partial charge in [0, 0.05) is 38.8 Å². The second-order valence-corrected chi connectivity index (χ2v) is 5.88. The standard InChI is InChI=1S/C17H21N3O2/c1-13-4-3-5-15(10-13)12-19-6-8-20(9-7-19)17(21)16-11-14(2)22-18-16/h3-5,10-11H,6-9,12H2,1-2H3. The van der Waals surface area contributed by atoms with Gasteiger partial charge >= 0.3 is 0 Å². The Morgan fingerprint density at radius 1 is 1.18 bits per heavy atom. The molecule has 116 valence electrons. The van der Waals surface area contributed by atoms with Crippen molar-refractivity contribution in [2.24, 2.45) is 0 Å². The van der Waals surface area contributed by atoms with Gasteiger partial charge in [-0.25, -0.2) is 0 Å². The number of carbonyl (C=O) groups excluding carboxylic acids is 1. The van der Waals surface area contributed by atoms with Crippen LogP contribution < -0.4 is 0 Å². The summed E-state index contributed by atoms with van der Waals surface area (Å²) in [6.07, 6.45) is 0. The lowest BCUT2D eigenvalue weighted by atomic mass is 10.1. The third kappa shape index (κ3) is 3.36. The molecule has 0 N–H and O–H groups in total. The third-order valence-corrected chi connectivity index (χ3v) is 4.00. The maximum Gasteiger partial charge on any atom is 0.276 e. The summed E-state index contributed by atoms with van der Waals surface area (Å²) in [5, 5.41) is 3.81. The van der Waals surface area contributed by atoms with Crippen molar-refractivity contribution in [3.8, 4) is 0 Å². The fourth-order valence-electron chi connectivity index (χ4n) is 2.81. The zero-order chi connectivity index (χ0) is 15.5. The number of amides is 1. The van der Waals surface area contributed by atoms with Gasteiger partial charge in [-0.2, -0.15) is 0 Å². The number of carbonyl (C=O) groups is 1. The molecule has 1 aliphatic rings. The van der Waals surface area contributed by atoms with E-state index in [0.717, 1.165) is 32.7 Å². The second kappa shape index (κ2) is 6.32. The fraction of sp³-hybridized carbons (Fsp3) is 0.412. The molecule has 1 aromatic heterocycles. The van der Waals surface area contributed by atoms with Gasteiger partial charge in [0.2, 0.25) is 0 Å². The van der Waals surface area contributed by atoms with Crippen molar-refractivity contribution in [2.75, 3.05) is 26.2 Å². The summed E-state index contributed by atoms with van der Waals surface area (Å²) in [7, 11) is 0. The maximum atomic E-state index is 12.3. The summed E-state index contributed by atoms with van der Waals surface area (Å²) in [6, 6.07) is 10.3. The molecule has 0 bridgehead atoms. The van der Waals surface area contributed by atoms with Crippen LogP contribution in [-0.4, -0.2) is 47.0 Å². The highest BCUT2D eigenvalue weighted by Gasteiger charge is 2.24. The smallest absolute Gasteiger partial charge is 0.276 e. The summed E-state index contributed by atoms with van der Waals surface area (Å²) in [5.74, 6) is 0.633. The number of hydrogen-bond acceptors (Lipinski definition) is 4. The molecule has 0 atom stereocenters. The van der Waals surface area contributed by atoms with Gasteiger partial charge in [0.15, 0.2) is 5.69 Å². The molecular weight excluding hydrogens is 278 g/mol. The Labute approximate surface area is 130 Å². The van der Waals surface area contributed by atoms with E-state index in [4.69, 9.17) is 4.52 Å². The van der Waals surface area contributed by atoms with Gasteiger partial charge in [-0.15, -0.1) is 0 Å². The van der Waals surface area contributed by atoms with E-state index in [1.807, 2.05) is 4.90 Å². The first-order valence-corrected chi connectivity index (χ1v) is 7.62. The molecule has 3 rings (SSSR count). The Kier molecular flexibility index (Phi) is 4.24. The van der Waals surface area contributed by atoms with E-state index in [-0.39, 0.29) is 5.91 Å². The van der Waals surface area contributed by atoms with E-state index in [1.165, 1.54) is 11.1 Å². The van der Waals surface area contributed by atoms with Gasteiger partial charge in [0.05, 0.1) is 0 Å². The molecule has 0 spiro atoms. The highest BCUT2D eigenvalue weighted by molar-refractivity contribution is 5.92. The Hall–Kier alpha value is -2.14. The van der Waals surface area contributed by atoms with Crippen LogP contribution in [0.1, 0.15) is 27.4 Å². The van der Waals surface area contributed by atoms with Gasteiger partial charge in [-0.3, -0.25) is 9.69 Å². The van der Waals surface area contributed by atoms with Crippen LogP contribution in [0, 0.1) is 13.8 Å². The van der Waals surface area contributed by atoms with Crippen LogP contribution in [0.3, 0.4) is 0 Å². The molecule has 0 saturated carbocycles. The third-order valence-electron chi connectivity index (χ3n) is 4.00. The van der Waals surface area contributed by atoms with E-state index in [9.17, 15) is 4.79 Å². The Morgan fingerprint density at radius 2 is 1.95 bits per heavy atom. The molecule has 22 heavy (non-hydrogen) atoms. The van der Waals surface area contributed by atoms with Crippen molar-refractivity contribution >= 4 is 5.91 Å². The van der Waals surface area contributed by atoms with Gasteiger partial charge in [-0.05, 0) is 19.4 Å². The van der Waals surface area contributed by atoms with Gasteiger partial charge < -0.3 is 9.42 Å². The van der Waals surface area contributed by atoms with Crippen molar-refractivity contribution in [1.82, 2.24) is 15.0 Å². The summed E-state index contributed by atoms with van der Waals surface area (Å²) in [5.41, 5.74) is 3.02. The molecule has 2 heterocycles. The van der Waals surface area contributed by atoms with Crippen LogP contribution in [0.25, 0.3) is 0 Å². The Balaban J connectivity index is 1.55. The molecule has 1 aromatic carbocycles. The van der Waals surface area contributed by atoms with Crippen LogP contribution in [0.4, 0.5) is 0 Å².